The maximum Gasteiger partial charge on any atom is 0.147 e. The van der Waals surface area contributed by atoms with Crippen LogP contribution in [0.4, 0.5) is 0 Å². The Balaban J connectivity index is 2.08. The van der Waals surface area contributed by atoms with E-state index >= 15 is 0 Å². The molecule has 0 saturated carbocycles. The van der Waals surface area contributed by atoms with E-state index in [1.165, 1.54) is 11.9 Å². The minimum Gasteiger partial charge on any atom is -0.332 e. The van der Waals surface area contributed by atoms with Crippen LogP contribution in [0.1, 0.15) is 23.6 Å². The smallest absolute Gasteiger partial charge is 0.147 e. The van der Waals surface area contributed by atoms with Crippen LogP contribution in [0.5, 0.6) is 0 Å². The van der Waals surface area contributed by atoms with Crippen LogP contribution in [0.3, 0.4) is 0 Å². The molecule has 0 aliphatic carbocycles. The first-order valence-electron chi connectivity index (χ1n) is 5.91. The Bertz CT molecular complexity index is 505. The third-order valence-corrected chi connectivity index (χ3v) is 4.10. The van der Waals surface area contributed by atoms with E-state index in [9.17, 15) is 8.42 Å². The van der Waals surface area contributed by atoms with Crippen molar-refractivity contribution in [2.24, 2.45) is 0 Å². The SMILES string of the molecule is Cc1nc2c(n1CCCS(C)(=O)=O)CCNC2. The lowest BCUT2D eigenvalue weighted by Gasteiger charge is -2.15. The van der Waals surface area contributed by atoms with Crippen molar-refractivity contribution < 1.29 is 8.42 Å². The number of hydrogen-bond acceptors (Lipinski definition) is 4. The summed E-state index contributed by atoms with van der Waals surface area (Å²) in [5.41, 5.74) is 2.39. The molecular weight excluding hydrogens is 238 g/mol. The number of nitrogens with zero attached hydrogens (tertiary/aromatic N) is 2. The molecular formula is C11H19N3O2S. The zero-order valence-electron chi connectivity index (χ0n) is 10.4. The van der Waals surface area contributed by atoms with E-state index in [-0.39, 0.29) is 5.75 Å². The van der Waals surface area contributed by atoms with Crippen LogP contribution < -0.4 is 5.32 Å². The first-order valence-corrected chi connectivity index (χ1v) is 7.97. The van der Waals surface area contributed by atoms with Crippen LogP contribution >= 0.6 is 0 Å². The highest BCUT2D eigenvalue weighted by Crippen LogP contribution is 2.16. The molecule has 0 aromatic carbocycles. The number of aryl methyl sites for hydroxylation is 1. The van der Waals surface area contributed by atoms with Crippen LogP contribution in [0.2, 0.25) is 0 Å². The van der Waals surface area contributed by atoms with Gasteiger partial charge >= 0.3 is 0 Å². The highest BCUT2D eigenvalue weighted by Gasteiger charge is 2.17. The van der Waals surface area contributed by atoms with Gasteiger partial charge in [0.1, 0.15) is 15.7 Å². The fourth-order valence-electron chi connectivity index (χ4n) is 2.29. The average molecular weight is 257 g/mol. The highest BCUT2D eigenvalue weighted by atomic mass is 32.2. The summed E-state index contributed by atoms with van der Waals surface area (Å²) >= 11 is 0. The molecule has 0 unspecified atom stereocenters. The second-order valence-electron chi connectivity index (χ2n) is 4.61. The monoisotopic (exact) mass is 257 g/mol. The Morgan fingerprint density at radius 1 is 1.47 bits per heavy atom. The van der Waals surface area contributed by atoms with E-state index in [0.29, 0.717) is 6.42 Å². The lowest BCUT2D eigenvalue weighted by atomic mass is 10.2. The van der Waals surface area contributed by atoms with Gasteiger partial charge in [0.05, 0.1) is 11.4 Å². The molecule has 2 rings (SSSR count). The Morgan fingerprint density at radius 2 is 2.24 bits per heavy atom. The van der Waals surface area contributed by atoms with Crippen LogP contribution in [0.15, 0.2) is 0 Å². The predicted molar refractivity (Wildman–Crippen MR) is 66.7 cm³/mol. The molecule has 1 aliphatic heterocycles. The van der Waals surface area contributed by atoms with E-state index in [0.717, 1.165) is 37.6 Å². The minimum atomic E-state index is -2.86. The molecule has 0 saturated heterocycles. The van der Waals surface area contributed by atoms with Gasteiger partial charge in [-0.2, -0.15) is 0 Å². The van der Waals surface area contributed by atoms with Crippen molar-refractivity contribution in [3.8, 4) is 0 Å². The second kappa shape index (κ2) is 4.78. The standard InChI is InChI=1S/C11H19N3O2S/c1-9-13-10-8-12-5-4-11(10)14(9)6-3-7-17(2,15)16/h12H,3-8H2,1-2H3. The van der Waals surface area contributed by atoms with Gasteiger partial charge in [-0.1, -0.05) is 0 Å². The zero-order chi connectivity index (χ0) is 12.5. The maximum absolute atomic E-state index is 11.1. The molecule has 0 spiro atoms. The van der Waals surface area contributed by atoms with Crippen LogP contribution in [-0.4, -0.2) is 36.5 Å². The number of aromatic nitrogens is 2. The summed E-state index contributed by atoms with van der Waals surface area (Å²) < 4.78 is 24.4. The third kappa shape index (κ3) is 3.07. The summed E-state index contributed by atoms with van der Waals surface area (Å²) in [6.45, 7) is 4.54. The molecule has 6 heteroatoms. The van der Waals surface area contributed by atoms with Crippen molar-refractivity contribution in [1.29, 1.82) is 0 Å². The van der Waals surface area contributed by atoms with Crippen LogP contribution in [0, 0.1) is 6.92 Å². The van der Waals surface area contributed by atoms with Crippen molar-refractivity contribution >= 4 is 9.84 Å². The maximum atomic E-state index is 11.1. The Hall–Kier alpha value is -0.880. The van der Waals surface area contributed by atoms with Crippen LogP contribution in [0.25, 0.3) is 0 Å². The number of rotatable bonds is 4. The summed E-state index contributed by atoms with van der Waals surface area (Å²) in [5, 5.41) is 3.29. The molecule has 1 aromatic rings. The minimum absolute atomic E-state index is 0.248. The van der Waals surface area contributed by atoms with Crippen molar-refractivity contribution in [3.63, 3.8) is 0 Å². The van der Waals surface area contributed by atoms with E-state index in [4.69, 9.17) is 0 Å². The number of imidazole rings is 1. The molecule has 0 bridgehead atoms. The summed E-state index contributed by atoms with van der Waals surface area (Å²) in [7, 11) is -2.86. The normalized spacial score (nSPS) is 15.9. The van der Waals surface area contributed by atoms with Crippen molar-refractivity contribution in [3.05, 3.63) is 17.2 Å². The van der Waals surface area contributed by atoms with Gasteiger partial charge < -0.3 is 9.88 Å². The molecule has 5 nitrogen and oxygen atoms in total. The van der Waals surface area contributed by atoms with E-state index in [2.05, 4.69) is 14.9 Å². The molecule has 17 heavy (non-hydrogen) atoms. The average Bonchev–Trinajstić information content (AvgIpc) is 2.54. The third-order valence-electron chi connectivity index (χ3n) is 3.07. The molecule has 0 atom stereocenters. The van der Waals surface area contributed by atoms with E-state index < -0.39 is 9.84 Å². The van der Waals surface area contributed by atoms with Gasteiger partial charge in [-0.25, -0.2) is 13.4 Å². The summed E-state index contributed by atoms with van der Waals surface area (Å²) in [5.74, 6) is 1.24. The van der Waals surface area contributed by atoms with E-state index in [1.807, 2.05) is 6.92 Å². The molecule has 2 heterocycles. The zero-order valence-corrected chi connectivity index (χ0v) is 11.2. The lowest BCUT2D eigenvalue weighted by Crippen LogP contribution is -2.25. The molecule has 0 fully saturated rings. The van der Waals surface area contributed by atoms with Crippen molar-refractivity contribution in [1.82, 2.24) is 14.9 Å². The highest BCUT2D eigenvalue weighted by molar-refractivity contribution is 7.90. The molecule has 96 valence electrons. The quantitative estimate of drug-likeness (QED) is 0.841. The van der Waals surface area contributed by atoms with Gasteiger partial charge in [-0.3, -0.25) is 0 Å². The Kier molecular flexibility index (Phi) is 3.53. The summed E-state index contributed by atoms with van der Waals surface area (Å²) in [6.07, 6.45) is 2.93. The Labute approximate surface area is 102 Å². The first kappa shape index (κ1) is 12.6. The largest absolute Gasteiger partial charge is 0.332 e. The molecule has 0 radical (unpaired) electrons. The topological polar surface area (TPSA) is 64.0 Å². The number of sulfone groups is 1. The molecule has 1 aliphatic rings. The van der Waals surface area contributed by atoms with Gasteiger partial charge in [0.2, 0.25) is 0 Å². The van der Waals surface area contributed by atoms with E-state index in [1.54, 1.807) is 0 Å². The number of hydrogen-bond donors (Lipinski definition) is 1. The first-order chi connectivity index (χ1) is 7.97. The second-order valence-corrected chi connectivity index (χ2v) is 6.87. The predicted octanol–water partition coefficient (Wildman–Crippen LogP) is 0.272. The summed E-state index contributed by atoms with van der Waals surface area (Å²) in [6, 6.07) is 0. The van der Waals surface area contributed by atoms with Gasteiger partial charge in [-0.15, -0.1) is 0 Å². The molecule has 0 amide bonds. The fraction of sp³-hybridized carbons (Fsp3) is 0.727. The lowest BCUT2D eigenvalue weighted by molar-refractivity contribution is 0.567. The fourth-order valence-corrected chi connectivity index (χ4v) is 2.94. The number of nitrogens with one attached hydrogen (secondary N) is 1. The van der Waals surface area contributed by atoms with Gasteiger partial charge in [-0.05, 0) is 13.3 Å². The van der Waals surface area contributed by atoms with Gasteiger partial charge in [0.15, 0.2) is 0 Å². The van der Waals surface area contributed by atoms with Gasteiger partial charge in [0.25, 0.3) is 0 Å². The molecule has 1 N–H and O–H groups in total. The summed E-state index contributed by atoms with van der Waals surface area (Å²) in [4.78, 5) is 4.52. The Morgan fingerprint density at radius 3 is 2.94 bits per heavy atom. The van der Waals surface area contributed by atoms with Crippen LogP contribution in [-0.2, 0) is 29.3 Å². The van der Waals surface area contributed by atoms with Crippen molar-refractivity contribution in [2.45, 2.75) is 32.9 Å². The number of fused-ring (bicyclic) bond motifs is 1. The van der Waals surface area contributed by atoms with Gasteiger partial charge in [0, 0.05) is 38.0 Å². The van der Waals surface area contributed by atoms with Crippen molar-refractivity contribution in [2.75, 3.05) is 18.6 Å². The molecule has 1 aromatic heterocycles.